The molecule has 1 amide bonds. The van der Waals surface area contributed by atoms with Crippen molar-refractivity contribution in [1.82, 2.24) is 20.5 Å². The van der Waals surface area contributed by atoms with Crippen LogP contribution in [0.1, 0.15) is 45.6 Å². The minimum absolute atomic E-state index is 0. The fourth-order valence-corrected chi connectivity index (χ4v) is 3.09. The predicted octanol–water partition coefficient (Wildman–Crippen LogP) is 2.76. The average Bonchev–Trinajstić information content (AvgIpc) is 2.64. The summed E-state index contributed by atoms with van der Waals surface area (Å²) in [6.45, 7) is 12.0. The van der Waals surface area contributed by atoms with Gasteiger partial charge in [-0.15, -0.1) is 24.0 Å². The molecule has 0 atom stereocenters. The lowest BCUT2D eigenvalue weighted by molar-refractivity contribution is -0.116. The van der Waals surface area contributed by atoms with E-state index in [0.717, 1.165) is 44.0 Å². The van der Waals surface area contributed by atoms with Crippen LogP contribution in [0.5, 0.6) is 0 Å². The number of nitrogens with one attached hydrogen (secondary N) is 3. The third-order valence-corrected chi connectivity index (χ3v) is 4.73. The van der Waals surface area contributed by atoms with Crippen LogP contribution in [0.3, 0.4) is 0 Å². The number of halogens is 1. The first-order valence-electron chi connectivity index (χ1n) is 9.99. The van der Waals surface area contributed by atoms with E-state index in [1.165, 1.54) is 0 Å². The van der Waals surface area contributed by atoms with E-state index in [1.807, 2.05) is 26.0 Å². The molecule has 1 aromatic rings. The predicted molar refractivity (Wildman–Crippen MR) is 126 cm³/mol. The molecule has 1 saturated heterocycles. The number of hydrogen-bond donors (Lipinski definition) is 3. The zero-order valence-electron chi connectivity index (χ0n) is 17.5. The maximum atomic E-state index is 12.1. The molecule has 2 heterocycles. The molecule has 2 rings (SSSR count). The number of hydrogen-bond acceptors (Lipinski definition) is 4. The van der Waals surface area contributed by atoms with Gasteiger partial charge in [0, 0.05) is 44.3 Å². The Labute approximate surface area is 186 Å². The molecule has 0 aromatic carbocycles. The van der Waals surface area contributed by atoms with Crippen LogP contribution >= 0.6 is 24.0 Å². The van der Waals surface area contributed by atoms with Crippen molar-refractivity contribution < 1.29 is 4.79 Å². The molecule has 0 bridgehead atoms. The first-order valence-corrected chi connectivity index (χ1v) is 9.99. The minimum atomic E-state index is -0.0730. The first-order chi connectivity index (χ1) is 13.0. The number of rotatable bonds is 7. The molecule has 0 unspecified atom stereocenters. The molecule has 1 aliphatic heterocycles. The molecule has 0 radical (unpaired) electrons. The Morgan fingerprint density at radius 2 is 2.04 bits per heavy atom. The second-order valence-corrected chi connectivity index (χ2v) is 7.33. The van der Waals surface area contributed by atoms with E-state index in [-0.39, 0.29) is 29.9 Å². The maximum absolute atomic E-state index is 12.1. The molecule has 28 heavy (non-hydrogen) atoms. The number of nitrogens with zero attached hydrogens (tertiary/aromatic N) is 3. The first kappa shape index (κ1) is 24.6. The monoisotopic (exact) mass is 502 g/mol. The molecule has 1 aromatic heterocycles. The highest BCUT2D eigenvalue weighted by molar-refractivity contribution is 14.0. The van der Waals surface area contributed by atoms with Crippen LogP contribution in [0.25, 0.3) is 0 Å². The van der Waals surface area contributed by atoms with Gasteiger partial charge in [0.2, 0.25) is 5.91 Å². The van der Waals surface area contributed by atoms with Crippen molar-refractivity contribution in [3.05, 3.63) is 23.9 Å². The van der Waals surface area contributed by atoms with E-state index in [1.54, 1.807) is 6.20 Å². The largest absolute Gasteiger partial charge is 0.357 e. The molecule has 1 fully saturated rings. The Morgan fingerprint density at radius 1 is 1.32 bits per heavy atom. The van der Waals surface area contributed by atoms with Crippen molar-refractivity contribution in [3.8, 4) is 0 Å². The summed E-state index contributed by atoms with van der Waals surface area (Å²) in [5, 5.41) is 9.59. The van der Waals surface area contributed by atoms with E-state index >= 15 is 0 Å². The number of likely N-dealkylation sites (tertiary alicyclic amines) is 1. The van der Waals surface area contributed by atoms with Gasteiger partial charge in [0.15, 0.2) is 5.96 Å². The summed E-state index contributed by atoms with van der Waals surface area (Å²) in [6.07, 6.45) is 4.30. The summed E-state index contributed by atoms with van der Waals surface area (Å²) in [4.78, 5) is 23.3. The van der Waals surface area contributed by atoms with Gasteiger partial charge in [-0.05, 0) is 52.2 Å². The fraction of sp³-hybridized carbons (Fsp3) is 0.650. The van der Waals surface area contributed by atoms with Gasteiger partial charge in [-0.25, -0.2) is 4.98 Å². The van der Waals surface area contributed by atoms with Gasteiger partial charge in [0.1, 0.15) is 5.82 Å². The summed E-state index contributed by atoms with van der Waals surface area (Å²) >= 11 is 0. The Bertz CT molecular complexity index is 612. The Kier molecular flexibility index (Phi) is 11.4. The van der Waals surface area contributed by atoms with Crippen molar-refractivity contribution >= 4 is 41.7 Å². The minimum Gasteiger partial charge on any atom is -0.357 e. The number of aryl methyl sites for hydroxylation is 1. The van der Waals surface area contributed by atoms with Crippen LogP contribution in [0.4, 0.5) is 5.82 Å². The molecule has 0 spiro atoms. The number of amides is 1. The molecular formula is C20H35IN6O. The van der Waals surface area contributed by atoms with E-state index in [0.29, 0.717) is 30.9 Å². The third-order valence-electron chi connectivity index (χ3n) is 4.73. The second-order valence-electron chi connectivity index (χ2n) is 7.33. The van der Waals surface area contributed by atoms with E-state index in [9.17, 15) is 4.79 Å². The topological polar surface area (TPSA) is 81.6 Å². The molecular weight excluding hydrogens is 467 g/mol. The number of guanidine groups is 1. The number of aliphatic imine (C=N–C) groups is 1. The van der Waals surface area contributed by atoms with Crippen molar-refractivity contribution in [2.75, 3.05) is 31.5 Å². The van der Waals surface area contributed by atoms with E-state index in [2.05, 4.69) is 44.7 Å². The quantitative estimate of drug-likeness (QED) is 0.304. The van der Waals surface area contributed by atoms with E-state index < -0.39 is 0 Å². The Balaban J connectivity index is 0.00000392. The highest BCUT2D eigenvalue weighted by atomic mass is 127. The Morgan fingerprint density at radius 3 is 2.61 bits per heavy atom. The van der Waals surface area contributed by atoms with Crippen LogP contribution < -0.4 is 16.0 Å². The average molecular weight is 502 g/mol. The lowest BCUT2D eigenvalue weighted by atomic mass is 10.0. The summed E-state index contributed by atoms with van der Waals surface area (Å²) in [7, 11) is 0. The standard InChI is InChI=1S/C20H34N6O.HI/c1-5-21-20(24-17-9-12-26(13-10-17)15(2)3)22-11-8-19(27)25-18-7-6-16(4)14-23-18;/h6-7,14-15,17H,5,8-13H2,1-4H3,(H2,21,22,24)(H,23,25,27);1H. The van der Waals surface area contributed by atoms with E-state index in [4.69, 9.17) is 0 Å². The Hall–Kier alpha value is -1.42. The summed E-state index contributed by atoms with van der Waals surface area (Å²) in [5.74, 6) is 1.30. The van der Waals surface area contributed by atoms with Gasteiger partial charge in [-0.3, -0.25) is 9.79 Å². The molecule has 7 nitrogen and oxygen atoms in total. The van der Waals surface area contributed by atoms with Gasteiger partial charge in [-0.2, -0.15) is 0 Å². The number of anilines is 1. The van der Waals surface area contributed by atoms with Crippen LogP contribution in [0, 0.1) is 6.92 Å². The molecule has 0 aliphatic carbocycles. The van der Waals surface area contributed by atoms with Crippen molar-refractivity contribution in [3.63, 3.8) is 0 Å². The molecule has 8 heteroatoms. The zero-order chi connectivity index (χ0) is 19.6. The van der Waals surface area contributed by atoms with Crippen molar-refractivity contribution in [2.45, 2.75) is 59.0 Å². The SMILES string of the molecule is CCNC(=NCCC(=O)Nc1ccc(C)cn1)NC1CCN(C(C)C)CC1.I. The van der Waals surface area contributed by atoms with Crippen molar-refractivity contribution in [2.24, 2.45) is 4.99 Å². The number of pyridine rings is 1. The van der Waals surface area contributed by atoms with Crippen LogP contribution in [0.2, 0.25) is 0 Å². The highest BCUT2D eigenvalue weighted by Crippen LogP contribution is 2.12. The number of carbonyl (C=O) groups excluding carboxylic acids is 1. The normalized spacial score (nSPS) is 15.8. The summed E-state index contributed by atoms with van der Waals surface area (Å²) in [5.41, 5.74) is 1.07. The lowest BCUT2D eigenvalue weighted by Gasteiger charge is -2.35. The van der Waals surface area contributed by atoms with Gasteiger partial charge >= 0.3 is 0 Å². The van der Waals surface area contributed by atoms with Gasteiger partial charge in [0.05, 0.1) is 6.54 Å². The van der Waals surface area contributed by atoms with Gasteiger partial charge in [-0.1, -0.05) is 6.07 Å². The summed E-state index contributed by atoms with van der Waals surface area (Å²) < 4.78 is 0. The third kappa shape index (κ3) is 8.72. The molecule has 3 N–H and O–H groups in total. The van der Waals surface area contributed by atoms with Crippen molar-refractivity contribution in [1.29, 1.82) is 0 Å². The van der Waals surface area contributed by atoms with Gasteiger partial charge in [0.25, 0.3) is 0 Å². The van der Waals surface area contributed by atoms with Crippen LogP contribution in [-0.2, 0) is 4.79 Å². The van der Waals surface area contributed by atoms with Crippen LogP contribution in [-0.4, -0.2) is 60.0 Å². The fourth-order valence-electron chi connectivity index (χ4n) is 3.09. The second kappa shape index (κ2) is 12.9. The highest BCUT2D eigenvalue weighted by Gasteiger charge is 2.21. The smallest absolute Gasteiger partial charge is 0.227 e. The number of aromatic nitrogens is 1. The molecule has 0 saturated carbocycles. The summed E-state index contributed by atoms with van der Waals surface area (Å²) in [6, 6.07) is 4.78. The maximum Gasteiger partial charge on any atom is 0.227 e. The molecule has 1 aliphatic rings. The lowest BCUT2D eigenvalue weighted by Crippen LogP contribution is -2.49. The number of piperidine rings is 1. The number of carbonyl (C=O) groups is 1. The zero-order valence-corrected chi connectivity index (χ0v) is 19.8. The van der Waals surface area contributed by atoms with Gasteiger partial charge < -0.3 is 20.9 Å². The molecule has 158 valence electrons. The van der Waals surface area contributed by atoms with Crippen LogP contribution in [0.15, 0.2) is 23.3 Å².